The van der Waals surface area contributed by atoms with Gasteiger partial charge in [0, 0.05) is 29.7 Å². The minimum absolute atomic E-state index is 0.0618. The molecular formula is C16H19FN2O. The summed E-state index contributed by atoms with van der Waals surface area (Å²) in [6, 6.07) is 6.82. The van der Waals surface area contributed by atoms with Gasteiger partial charge in [0.05, 0.1) is 11.7 Å². The van der Waals surface area contributed by atoms with Crippen LogP contribution in [0.1, 0.15) is 32.3 Å². The van der Waals surface area contributed by atoms with E-state index in [0.717, 1.165) is 25.1 Å². The van der Waals surface area contributed by atoms with Crippen LogP contribution in [0.5, 0.6) is 0 Å². The highest BCUT2D eigenvalue weighted by Crippen LogP contribution is 2.52. The Hall–Kier alpha value is -1.60. The number of nitrogens with zero attached hydrogens (tertiary/aromatic N) is 1. The van der Waals surface area contributed by atoms with Crippen LogP contribution in [0.3, 0.4) is 0 Å². The highest BCUT2D eigenvalue weighted by atomic mass is 19.1. The van der Waals surface area contributed by atoms with Crippen molar-refractivity contribution < 1.29 is 9.13 Å². The van der Waals surface area contributed by atoms with Crippen LogP contribution in [0.2, 0.25) is 0 Å². The maximum atomic E-state index is 13.4. The molecule has 106 valence electrons. The molecule has 1 aliphatic carbocycles. The van der Waals surface area contributed by atoms with Gasteiger partial charge in [-0.3, -0.25) is 0 Å². The SMILES string of the molecule is CC1(C)C(Nc2ccc(F)c(C#N)c2)C2CCCOC21. The molecule has 3 rings (SSSR count). The summed E-state index contributed by atoms with van der Waals surface area (Å²) in [6.45, 7) is 5.25. The minimum Gasteiger partial charge on any atom is -0.381 e. The van der Waals surface area contributed by atoms with Crippen molar-refractivity contribution in [1.29, 1.82) is 5.26 Å². The van der Waals surface area contributed by atoms with Gasteiger partial charge in [-0.15, -0.1) is 0 Å². The molecule has 3 unspecified atom stereocenters. The molecular weight excluding hydrogens is 255 g/mol. The van der Waals surface area contributed by atoms with Crippen molar-refractivity contribution in [1.82, 2.24) is 0 Å². The van der Waals surface area contributed by atoms with Gasteiger partial charge in [0.1, 0.15) is 11.9 Å². The van der Waals surface area contributed by atoms with Gasteiger partial charge in [-0.1, -0.05) is 13.8 Å². The van der Waals surface area contributed by atoms with Crippen molar-refractivity contribution in [3.8, 4) is 6.07 Å². The second-order valence-electron chi connectivity index (χ2n) is 6.35. The van der Waals surface area contributed by atoms with Gasteiger partial charge < -0.3 is 10.1 Å². The summed E-state index contributed by atoms with van der Waals surface area (Å²) in [4.78, 5) is 0. The molecule has 2 aliphatic rings. The van der Waals surface area contributed by atoms with Crippen LogP contribution in [-0.4, -0.2) is 18.8 Å². The molecule has 1 heterocycles. The monoisotopic (exact) mass is 274 g/mol. The van der Waals surface area contributed by atoms with E-state index < -0.39 is 5.82 Å². The van der Waals surface area contributed by atoms with E-state index in [4.69, 9.17) is 10.00 Å². The van der Waals surface area contributed by atoms with E-state index in [2.05, 4.69) is 19.2 Å². The van der Waals surface area contributed by atoms with Gasteiger partial charge >= 0.3 is 0 Å². The van der Waals surface area contributed by atoms with Gasteiger partial charge in [0.15, 0.2) is 0 Å². The van der Waals surface area contributed by atoms with Crippen LogP contribution in [0.4, 0.5) is 10.1 Å². The van der Waals surface area contributed by atoms with Gasteiger partial charge in [0.2, 0.25) is 0 Å². The summed E-state index contributed by atoms with van der Waals surface area (Å²) >= 11 is 0. The van der Waals surface area contributed by atoms with Crippen molar-refractivity contribution >= 4 is 5.69 Å². The molecule has 3 atom stereocenters. The number of rotatable bonds is 2. The van der Waals surface area contributed by atoms with Crippen molar-refractivity contribution in [2.75, 3.05) is 11.9 Å². The Balaban J connectivity index is 1.79. The van der Waals surface area contributed by atoms with Crippen LogP contribution in [0, 0.1) is 28.5 Å². The Morgan fingerprint density at radius 1 is 1.45 bits per heavy atom. The Kier molecular flexibility index (Phi) is 3.18. The van der Waals surface area contributed by atoms with E-state index >= 15 is 0 Å². The number of hydrogen-bond donors (Lipinski definition) is 1. The number of nitriles is 1. The number of ether oxygens (including phenoxy) is 1. The summed E-state index contributed by atoms with van der Waals surface area (Å²) in [6.07, 6.45) is 2.57. The largest absolute Gasteiger partial charge is 0.381 e. The Labute approximate surface area is 118 Å². The number of nitrogens with one attached hydrogen (secondary N) is 1. The van der Waals surface area contributed by atoms with E-state index in [1.165, 1.54) is 6.07 Å². The van der Waals surface area contributed by atoms with Crippen LogP contribution < -0.4 is 5.32 Å². The van der Waals surface area contributed by atoms with Gasteiger partial charge in [0.25, 0.3) is 0 Å². The second kappa shape index (κ2) is 4.75. The average molecular weight is 274 g/mol. The van der Waals surface area contributed by atoms with Gasteiger partial charge in [-0.05, 0) is 31.0 Å². The number of fused-ring (bicyclic) bond motifs is 1. The highest BCUT2D eigenvalue weighted by Gasteiger charge is 2.57. The quantitative estimate of drug-likeness (QED) is 0.900. The molecule has 1 aromatic rings. The third-order valence-corrected chi connectivity index (χ3v) is 4.74. The first-order valence-corrected chi connectivity index (χ1v) is 7.12. The molecule has 2 fully saturated rings. The first-order valence-electron chi connectivity index (χ1n) is 7.12. The molecule has 0 aromatic heterocycles. The third kappa shape index (κ3) is 1.97. The smallest absolute Gasteiger partial charge is 0.141 e. The fourth-order valence-electron chi connectivity index (χ4n) is 3.70. The van der Waals surface area contributed by atoms with Crippen molar-refractivity contribution in [2.24, 2.45) is 11.3 Å². The second-order valence-corrected chi connectivity index (χ2v) is 6.35. The number of benzene rings is 1. The molecule has 1 saturated carbocycles. The fourth-order valence-corrected chi connectivity index (χ4v) is 3.70. The van der Waals surface area contributed by atoms with Crippen LogP contribution in [-0.2, 0) is 4.74 Å². The van der Waals surface area contributed by atoms with Gasteiger partial charge in [-0.25, -0.2) is 4.39 Å². The standard InChI is InChI=1S/C16H19FN2O/c1-16(2)14(12-4-3-7-20-15(12)16)19-11-5-6-13(17)10(8-11)9-18/h5-6,8,12,14-15,19H,3-4,7H2,1-2H3. The zero-order valence-electron chi connectivity index (χ0n) is 11.8. The summed E-state index contributed by atoms with van der Waals surface area (Å²) in [5.74, 6) is 0.0409. The molecule has 1 aliphatic heterocycles. The minimum atomic E-state index is -0.468. The first kappa shape index (κ1) is 13.4. The lowest BCUT2D eigenvalue weighted by Gasteiger charge is -2.60. The normalized spacial score (nSPS) is 30.8. The van der Waals surface area contributed by atoms with Crippen molar-refractivity contribution in [3.05, 3.63) is 29.6 Å². The Bertz CT molecular complexity index is 564. The van der Waals surface area contributed by atoms with E-state index in [9.17, 15) is 4.39 Å². The van der Waals surface area contributed by atoms with Gasteiger partial charge in [-0.2, -0.15) is 5.26 Å². The van der Waals surface area contributed by atoms with Crippen molar-refractivity contribution in [3.63, 3.8) is 0 Å². The number of anilines is 1. The summed E-state index contributed by atoms with van der Waals surface area (Å²) in [5.41, 5.74) is 0.959. The Morgan fingerprint density at radius 3 is 3.00 bits per heavy atom. The third-order valence-electron chi connectivity index (χ3n) is 4.74. The molecule has 3 nitrogen and oxygen atoms in total. The molecule has 4 heteroatoms. The van der Waals surface area contributed by atoms with Crippen LogP contribution >= 0.6 is 0 Å². The van der Waals surface area contributed by atoms with E-state index in [1.54, 1.807) is 12.1 Å². The maximum absolute atomic E-state index is 13.4. The average Bonchev–Trinajstić information content (AvgIpc) is 2.46. The highest BCUT2D eigenvalue weighted by molar-refractivity contribution is 5.51. The summed E-state index contributed by atoms with van der Waals surface area (Å²) < 4.78 is 19.2. The number of halogens is 1. The first-order chi connectivity index (χ1) is 9.54. The molecule has 1 aromatic carbocycles. The molecule has 0 bridgehead atoms. The molecule has 20 heavy (non-hydrogen) atoms. The zero-order chi connectivity index (χ0) is 14.3. The molecule has 0 radical (unpaired) electrons. The van der Waals surface area contributed by atoms with Crippen LogP contribution in [0.25, 0.3) is 0 Å². The molecule has 1 saturated heterocycles. The van der Waals surface area contributed by atoms with E-state index in [-0.39, 0.29) is 11.0 Å². The lowest BCUT2D eigenvalue weighted by Crippen LogP contribution is -2.67. The molecule has 1 N–H and O–H groups in total. The van der Waals surface area contributed by atoms with Crippen LogP contribution in [0.15, 0.2) is 18.2 Å². The predicted molar refractivity (Wildman–Crippen MR) is 74.8 cm³/mol. The lowest BCUT2D eigenvalue weighted by molar-refractivity contribution is -0.177. The van der Waals surface area contributed by atoms with E-state index in [0.29, 0.717) is 18.1 Å². The summed E-state index contributed by atoms with van der Waals surface area (Å²) in [5, 5.41) is 12.4. The predicted octanol–water partition coefficient (Wildman–Crippen LogP) is 3.31. The molecule has 0 spiro atoms. The summed E-state index contributed by atoms with van der Waals surface area (Å²) in [7, 11) is 0. The number of hydrogen-bond acceptors (Lipinski definition) is 3. The Morgan fingerprint density at radius 2 is 2.25 bits per heavy atom. The molecule has 0 amide bonds. The fraction of sp³-hybridized carbons (Fsp3) is 0.562. The topological polar surface area (TPSA) is 45.0 Å². The maximum Gasteiger partial charge on any atom is 0.141 e. The zero-order valence-corrected chi connectivity index (χ0v) is 11.8. The lowest BCUT2D eigenvalue weighted by atomic mass is 9.55. The van der Waals surface area contributed by atoms with Crippen molar-refractivity contribution in [2.45, 2.75) is 38.8 Å². The van der Waals surface area contributed by atoms with E-state index in [1.807, 2.05) is 6.07 Å².